The lowest BCUT2D eigenvalue weighted by Crippen LogP contribution is -2.57. The summed E-state index contributed by atoms with van der Waals surface area (Å²) in [6.45, 7) is 4.24. The lowest BCUT2D eigenvalue weighted by atomic mass is 9.58. The molecule has 3 atom stereocenters. The predicted molar refractivity (Wildman–Crippen MR) is 132 cm³/mol. The monoisotopic (exact) mass is 478 g/mol. The summed E-state index contributed by atoms with van der Waals surface area (Å²) in [5.74, 6) is -0.425. The van der Waals surface area contributed by atoms with E-state index in [0.29, 0.717) is 15.7 Å². The first-order valence-corrected chi connectivity index (χ1v) is 11.8. The van der Waals surface area contributed by atoms with Crippen LogP contribution in [-0.4, -0.2) is 11.8 Å². The van der Waals surface area contributed by atoms with Gasteiger partial charge in [-0.15, -0.1) is 0 Å². The zero-order valence-electron chi connectivity index (χ0n) is 18.4. The molecule has 0 unspecified atom stereocenters. The summed E-state index contributed by atoms with van der Waals surface area (Å²) in [6, 6.07) is 20.5. The standard InChI is InChI=1S/C27H24Cl2N2O2/c1-15(2)19-8-3-4-9-20(19)25-27(21-11-10-18(29)13-23(21)30-26(27)33)22(14-24(32)31-25)16-6-5-7-17(28)12-16/h3-13,15,22,25H,14H2,1-2H3,(H,30,33)(H,31,32)/t22-,25+,27-/m0/s1. The van der Waals surface area contributed by atoms with E-state index in [1.165, 1.54) is 0 Å². The Hall–Kier alpha value is -2.82. The van der Waals surface area contributed by atoms with E-state index in [1.54, 1.807) is 18.2 Å². The third kappa shape index (κ3) is 3.44. The predicted octanol–water partition coefficient (Wildman–Crippen LogP) is 6.35. The van der Waals surface area contributed by atoms with Crippen LogP contribution < -0.4 is 10.6 Å². The van der Waals surface area contributed by atoms with Crippen LogP contribution in [0.1, 0.15) is 60.4 Å². The zero-order valence-corrected chi connectivity index (χ0v) is 19.9. The number of amides is 2. The number of hydrogen-bond donors (Lipinski definition) is 2. The van der Waals surface area contributed by atoms with Gasteiger partial charge in [0.2, 0.25) is 11.8 Å². The molecule has 2 N–H and O–H groups in total. The van der Waals surface area contributed by atoms with E-state index in [-0.39, 0.29) is 24.2 Å². The molecule has 3 aromatic rings. The van der Waals surface area contributed by atoms with Crippen LogP contribution in [0, 0.1) is 0 Å². The number of rotatable bonds is 3. The van der Waals surface area contributed by atoms with E-state index in [1.807, 2.05) is 42.5 Å². The van der Waals surface area contributed by atoms with Crippen molar-refractivity contribution >= 4 is 40.7 Å². The summed E-state index contributed by atoms with van der Waals surface area (Å²) >= 11 is 12.6. The molecular formula is C27H24Cl2N2O2. The van der Waals surface area contributed by atoms with Crippen molar-refractivity contribution in [1.82, 2.24) is 5.32 Å². The highest BCUT2D eigenvalue weighted by Crippen LogP contribution is 2.58. The van der Waals surface area contributed by atoms with Gasteiger partial charge in [0.05, 0.1) is 6.04 Å². The molecule has 0 saturated carbocycles. The van der Waals surface area contributed by atoms with Gasteiger partial charge in [0, 0.05) is 28.1 Å². The molecule has 0 bridgehead atoms. The molecule has 1 fully saturated rings. The first kappa shape index (κ1) is 22.0. The summed E-state index contributed by atoms with van der Waals surface area (Å²) < 4.78 is 0. The molecule has 3 aromatic carbocycles. The molecule has 4 nitrogen and oxygen atoms in total. The SMILES string of the molecule is CC(C)c1ccccc1[C@H]1NC(=O)C[C@@H](c2cccc(Cl)c2)[C@]12C(=O)Nc1cc(Cl)ccc12. The fourth-order valence-corrected chi connectivity index (χ4v) is 5.94. The number of carbonyl (C=O) groups is 2. The van der Waals surface area contributed by atoms with Crippen molar-refractivity contribution in [2.24, 2.45) is 0 Å². The minimum atomic E-state index is -1.05. The zero-order chi connectivity index (χ0) is 23.3. The number of benzene rings is 3. The maximum atomic E-state index is 14.0. The van der Waals surface area contributed by atoms with Crippen LogP contribution in [0.5, 0.6) is 0 Å². The van der Waals surface area contributed by atoms with Gasteiger partial charge >= 0.3 is 0 Å². The molecule has 2 heterocycles. The second-order valence-electron chi connectivity index (χ2n) is 9.11. The van der Waals surface area contributed by atoms with Gasteiger partial charge < -0.3 is 10.6 Å². The summed E-state index contributed by atoms with van der Waals surface area (Å²) in [5, 5.41) is 7.38. The van der Waals surface area contributed by atoms with Gasteiger partial charge in [-0.25, -0.2) is 0 Å². The molecule has 2 amide bonds. The van der Waals surface area contributed by atoms with E-state index in [4.69, 9.17) is 23.2 Å². The molecule has 2 aliphatic heterocycles. The van der Waals surface area contributed by atoms with E-state index in [0.717, 1.165) is 22.3 Å². The second kappa shape index (κ2) is 8.19. The van der Waals surface area contributed by atoms with Crippen molar-refractivity contribution in [3.8, 4) is 0 Å². The maximum absolute atomic E-state index is 14.0. The van der Waals surface area contributed by atoms with Crippen LogP contribution in [0.15, 0.2) is 66.7 Å². The second-order valence-corrected chi connectivity index (χ2v) is 9.98. The number of carbonyl (C=O) groups excluding carboxylic acids is 2. The molecule has 0 aromatic heterocycles. The Labute approximate surface area is 203 Å². The molecule has 5 rings (SSSR count). The minimum Gasteiger partial charge on any atom is -0.348 e. The third-order valence-electron chi connectivity index (χ3n) is 6.93. The highest BCUT2D eigenvalue weighted by molar-refractivity contribution is 6.31. The summed E-state index contributed by atoms with van der Waals surface area (Å²) in [6.07, 6.45) is 0.177. The Bertz CT molecular complexity index is 1270. The van der Waals surface area contributed by atoms with E-state index < -0.39 is 17.4 Å². The molecule has 1 saturated heterocycles. The lowest BCUT2D eigenvalue weighted by Gasteiger charge is -2.47. The number of halogens is 2. The summed E-state index contributed by atoms with van der Waals surface area (Å²) in [7, 11) is 0. The largest absolute Gasteiger partial charge is 0.348 e. The van der Waals surface area contributed by atoms with Crippen LogP contribution in [-0.2, 0) is 15.0 Å². The van der Waals surface area contributed by atoms with Gasteiger partial charge in [-0.05, 0) is 52.4 Å². The quantitative estimate of drug-likeness (QED) is 0.460. The smallest absolute Gasteiger partial charge is 0.238 e. The lowest BCUT2D eigenvalue weighted by molar-refractivity contribution is -0.131. The normalized spacial score (nSPS) is 24.0. The van der Waals surface area contributed by atoms with Crippen LogP contribution in [0.4, 0.5) is 5.69 Å². The van der Waals surface area contributed by atoms with Crippen LogP contribution >= 0.6 is 23.2 Å². The van der Waals surface area contributed by atoms with Crippen molar-refractivity contribution in [2.45, 2.75) is 43.6 Å². The van der Waals surface area contributed by atoms with Gasteiger partial charge in [0.1, 0.15) is 5.41 Å². The van der Waals surface area contributed by atoms with Crippen LogP contribution in [0.3, 0.4) is 0 Å². The first-order valence-electron chi connectivity index (χ1n) is 11.1. The average Bonchev–Trinajstić information content (AvgIpc) is 3.06. The molecule has 0 radical (unpaired) electrons. The van der Waals surface area contributed by atoms with Crippen molar-refractivity contribution in [3.63, 3.8) is 0 Å². The van der Waals surface area contributed by atoms with Gasteiger partial charge in [0.25, 0.3) is 0 Å². The maximum Gasteiger partial charge on any atom is 0.238 e. The Balaban J connectivity index is 1.83. The molecular weight excluding hydrogens is 455 g/mol. The Morgan fingerprint density at radius 3 is 2.45 bits per heavy atom. The van der Waals surface area contributed by atoms with Gasteiger partial charge in [-0.2, -0.15) is 0 Å². The number of fused-ring (bicyclic) bond motifs is 2. The van der Waals surface area contributed by atoms with E-state index in [2.05, 4.69) is 30.5 Å². The minimum absolute atomic E-state index is 0.0932. The van der Waals surface area contributed by atoms with Crippen molar-refractivity contribution in [1.29, 1.82) is 0 Å². The highest BCUT2D eigenvalue weighted by atomic mass is 35.5. The fourth-order valence-electron chi connectivity index (χ4n) is 5.57. The molecule has 1 spiro atoms. The summed E-state index contributed by atoms with van der Waals surface area (Å²) in [4.78, 5) is 27.1. The van der Waals surface area contributed by atoms with Gasteiger partial charge in [0.15, 0.2) is 0 Å². The molecule has 0 aliphatic carbocycles. The highest BCUT2D eigenvalue weighted by Gasteiger charge is 2.61. The molecule has 33 heavy (non-hydrogen) atoms. The Morgan fingerprint density at radius 2 is 1.70 bits per heavy atom. The number of anilines is 1. The van der Waals surface area contributed by atoms with E-state index >= 15 is 0 Å². The topological polar surface area (TPSA) is 58.2 Å². The van der Waals surface area contributed by atoms with Gasteiger partial charge in [-0.1, -0.05) is 79.5 Å². The summed E-state index contributed by atoms with van der Waals surface area (Å²) in [5.41, 5.74) is 3.38. The third-order valence-corrected chi connectivity index (χ3v) is 7.40. The van der Waals surface area contributed by atoms with Crippen molar-refractivity contribution in [2.75, 3.05) is 5.32 Å². The molecule has 2 aliphatic rings. The van der Waals surface area contributed by atoms with Gasteiger partial charge in [-0.3, -0.25) is 9.59 Å². The number of nitrogens with one attached hydrogen (secondary N) is 2. The fraction of sp³-hybridized carbons (Fsp3) is 0.259. The van der Waals surface area contributed by atoms with Crippen molar-refractivity contribution in [3.05, 3.63) is 99.0 Å². The molecule has 6 heteroatoms. The first-order chi connectivity index (χ1) is 15.8. The number of hydrogen-bond acceptors (Lipinski definition) is 2. The Morgan fingerprint density at radius 1 is 0.939 bits per heavy atom. The van der Waals surface area contributed by atoms with Crippen LogP contribution in [0.25, 0.3) is 0 Å². The Kier molecular flexibility index (Phi) is 5.46. The van der Waals surface area contributed by atoms with E-state index in [9.17, 15) is 9.59 Å². The van der Waals surface area contributed by atoms with Crippen LogP contribution in [0.2, 0.25) is 10.0 Å². The molecule has 168 valence electrons. The average molecular weight is 479 g/mol. The number of piperidine rings is 1. The van der Waals surface area contributed by atoms with Crippen molar-refractivity contribution < 1.29 is 9.59 Å².